The minimum Gasteiger partial charge on any atom is -0.492 e. The highest BCUT2D eigenvalue weighted by Gasteiger charge is 2.34. The molecule has 3 aliphatic rings. The Bertz CT molecular complexity index is 1420. The number of pyridine rings is 1. The molecule has 0 saturated carbocycles. The zero-order valence-electron chi connectivity index (χ0n) is 22.6. The van der Waals surface area contributed by atoms with E-state index in [1.807, 2.05) is 11.0 Å². The van der Waals surface area contributed by atoms with Gasteiger partial charge in [-0.1, -0.05) is 12.5 Å². The predicted octanol–water partition coefficient (Wildman–Crippen LogP) is 4.99. The van der Waals surface area contributed by atoms with Crippen molar-refractivity contribution in [3.05, 3.63) is 53.7 Å². The lowest BCUT2D eigenvalue weighted by molar-refractivity contribution is -0.133. The lowest BCUT2D eigenvalue weighted by atomic mass is 9.91. The maximum absolute atomic E-state index is 14.6. The lowest BCUT2D eigenvalue weighted by Crippen LogP contribution is -2.41. The highest BCUT2D eigenvalue weighted by atomic mass is 19.1. The number of carbonyl (C=O) groups is 2. The zero-order valence-corrected chi connectivity index (χ0v) is 22.6. The van der Waals surface area contributed by atoms with Gasteiger partial charge in [0.15, 0.2) is 11.6 Å². The molecule has 2 atom stereocenters. The summed E-state index contributed by atoms with van der Waals surface area (Å²) in [6, 6.07) is 6.50. The van der Waals surface area contributed by atoms with Gasteiger partial charge in [0.2, 0.25) is 5.91 Å². The number of benzene rings is 1. The molecule has 0 radical (unpaired) electrons. The Morgan fingerprint density at radius 3 is 2.95 bits per heavy atom. The van der Waals surface area contributed by atoms with Gasteiger partial charge >= 0.3 is 0 Å². The number of amides is 2. The quantitative estimate of drug-likeness (QED) is 0.427. The van der Waals surface area contributed by atoms with Gasteiger partial charge in [-0.25, -0.2) is 4.39 Å². The van der Waals surface area contributed by atoms with E-state index < -0.39 is 5.82 Å². The van der Waals surface area contributed by atoms with E-state index in [-0.39, 0.29) is 29.4 Å². The molecule has 4 bridgehead atoms. The maximum atomic E-state index is 14.6. The molecule has 3 aliphatic heterocycles. The molecule has 210 valence electrons. The number of aromatic nitrogens is 2. The minimum absolute atomic E-state index is 0.0324. The van der Waals surface area contributed by atoms with Gasteiger partial charge in [-0.2, -0.15) is 0 Å². The summed E-state index contributed by atoms with van der Waals surface area (Å²) in [6.07, 6.45) is 8.30. The van der Waals surface area contributed by atoms with E-state index in [2.05, 4.69) is 20.6 Å². The van der Waals surface area contributed by atoms with Crippen LogP contribution in [0.1, 0.15) is 60.5 Å². The summed E-state index contributed by atoms with van der Waals surface area (Å²) in [5.41, 5.74) is 3.65. The third-order valence-electron chi connectivity index (χ3n) is 8.20. The molecule has 2 aromatic heterocycles. The first-order chi connectivity index (χ1) is 19.5. The largest absolute Gasteiger partial charge is 0.492 e. The molecule has 2 amide bonds. The van der Waals surface area contributed by atoms with E-state index in [1.165, 1.54) is 13.2 Å². The summed E-state index contributed by atoms with van der Waals surface area (Å²) >= 11 is 0. The number of rotatable bonds is 3. The Morgan fingerprint density at radius 1 is 1.18 bits per heavy atom. The van der Waals surface area contributed by atoms with Crippen LogP contribution < -0.4 is 20.1 Å². The molecule has 5 heterocycles. The first kappa shape index (κ1) is 26.2. The standard InChI is InChI=1S/C30H34FN5O4/c1-39-29-21(31)8-4-9-22(29)34-28-25-26-19(14-33-30(25)38)7-2-3-10-24(37)36-13-5-6-18(16-36)17-40-23-15-32-12-11-20(23)27(28)35-26/h4,8-9,11-12,15,18-19,34-35H,2-3,5-7,10,13-14,16-17H2,1H3,(H,33,38). The second-order valence-electron chi connectivity index (χ2n) is 10.8. The van der Waals surface area contributed by atoms with Gasteiger partial charge in [0.1, 0.15) is 5.75 Å². The van der Waals surface area contributed by atoms with Crippen molar-refractivity contribution in [3.8, 4) is 22.8 Å². The Kier molecular flexibility index (Phi) is 7.32. The summed E-state index contributed by atoms with van der Waals surface area (Å²) in [7, 11) is 1.42. The number of nitrogens with zero attached hydrogens (tertiary/aromatic N) is 2. The third-order valence-corrected chi connectivity index (χ3v) is 8.20. The topological polar surface area (TPSA) is 109 Å². The van der Waals surface area contributed by atoms with E-state index in [0.29, 0.717) is 54.5 Å². The summed E-state index contributed by atoms with van der Waals surface area (Å²) in [6.45, 7) is 2.44. The van der Waals surface area contributed by atoms with Gasteiger partial charge < -0.3 is 30.0 Å². The molecule has 0 aliphatic carbocycles. The molecular weight excluding hydrogens is 513 g/mol. The number of piperidine rings is 1. The Morgan fingerprint density at radius 2 is 2.08 bits per heavy atom. The van der Waals surface area contributed by atoms with Gasteiger partial charge in [0.25, 0.3) is 5.91 Å². The number of methoxy groups -OCH3 is 1. The van der Waals surface area contributed by atoms with E-state index in [4.69, 9.17) is 9.47 Å². The number of halogens is 1. The Hall–Kier alpha value is -4.08. The van der Waals surface area contributed by atoms with Crippen LogP contribution in [0, 0.1) is 11.7 Å². The van der Waals surface area contributed by atoms with Gasteiger partial charge in [0, 0.05) is 55.3 Å². The average molecular weight is 548 g/mol. The van der Waals surface area contributed by atoms with Crippen molar-refractivity contribution in [3.63, 3.8) is 0 Å². The van der Waals surface area contributed by atoms with Crippen LogP contribution in [-0.4, -0.2) is 60.0 Å². The Labute approximate surface area is 232 Å². The number of nitrogens with one attached hydrogen (secondary N) is 3. The molecule has 3 N–H and O–H groups in total. The predicted molar refractivity (Wildman–Crippen MR) is 149 cm³/mol. The van der Waals surface area contributed by atoms with Crippen LogP contribution in [-0.2, 0) is 4.79 Å². The molecule has 3 aromatic rings. The molecule has 9 nitrogen and oxygen atoms in total. The van der Waals surface area contributed by atoms with Crippen molar-refractivity contribution in [2.45, 2.75) is 44.4 Å². The second-order valence-corrected chi connectivity index (χ2v) is 10.8. The lowest BCUT2D eigenvalue weighted by Gasteiger charge is -2.33. The molecule has 6 rings (SSSR count). The number of para-hydroxylation sites is 1. The van der Waals surface area contributed by atoms with Crippen molar-refractivity contribution in [1.82, 2.24) is 20.2 Å². The number of aromatic amines is 1. The molecular formula is C30H34FN5O4. The molecule has 1 saturated heterocycles. The number of fused-ring (bicyclic) bond motifs is 5. The van der Waals surface area contributed by atoms with E-state index in [9.17, 15) is 14.0 Å². The fourth-order valence-electron chi connectivity index (χ4n) is 6.15. The summed E-state index contributed by atoms with van der Waals surface area (Å²) in [5.74, 6) is 0.377. The number of H-pyrrole nitrogens is 1. The van der Waals surface area contributed by atoms with Crippen molar-refractivity contribution < 1.29 is 23.5 Å². The number of anilines is 2. The SMILES string of the molecule is COc1c(F)cccc1Nc1c2[nH]c3c1C(=O)NCC3CCCCC(=O)N1CCCC(COc3cnccc3-2)C1. The molecule has 10 heteroatoms. The summed E-state index contributed by atoms with van der Waals surface area (Å²) < 4.78 is 26.3. The number of ether oxygens (including phenoxy) is 2. The highest BCUT2D eigenvalue weighted by molar-refractivity contribution is 6.07. The molecule has 40 heavy (non-hydrogen) atoms. The zero-order chi connectivity index (χ0) is 27.6. The smallest absolute Gasteiger partial charge is 0.255 e. The van der Waals surface area contributed by atoms with Crippen molar-refractivity contribution >= 4 is 23.2 Å². The monoisotopic (exact) mass is 547 g/mol. The maximum Gasteiger partial charge on any atom is 0.255 e. The van der Waals surface area contributed by atoms with E-state index >= 15 is 0 Å². The van der Waals surface area contributed by atoms with Crippen LogP contribution in [0.3, 0.4) is 0 Å². The van der Waals surface area contributed by atoms with E-state index in [1.54, 1.807) is 24.5 Å². The van der Waals surface area contributed by atoms with Crippen LogP contribution in [0.2, 0.25) is 0 Å². The molecule has 0 spiro atoms. The fraction of sp³-hybridized carbons (Fsp3) is 0.433. The van der Waals surface area contributed by atoms with E-state index in [0.717, 1.165) is 49.9 Å². The van der Waals surface area contributed by atoms with Gasteiger partial charge in [-0.3, -0.25) is 14.6 Å². The van der Waals surface area contributed by atoms with Crippen LogP contribution in [0.15, 0.2) is 36.7 Å². The second kappa shape index (κ2) is 11.2. The van der Waals surface area contributed by atoms with Gasteiger partial charge in [-0.05, 0) is 43.9 Å². The van der Waals surface area contributed by atoms with Crippen LogP contribution in [0.5, 0.6) is 11.5 Å². The molecule has 2 unspecified atom stereocenters. The highest BCUT2D eigenvalue weighted by Crippen LogP contribution is 2.44. The first-order valence-electron chi connectivity index (χ1n) is 14.0. The number of hydrogen-bond donors (Lipinski definition) is 3. The normalized spacial score (nSPS) is 21.2. The summed E-state index contributed by atoms with van der Waals surface area (Å²) in [4.78, 5) is 36.1. The minimum atomic E-state index is -0.504. The average Bonchev–Trinajstić information content (AvgIpc) is 3.35. The number of carbonyl (C=O) groups excluding carboxylic acids is 2. The van der Waals surface area contributed by atoms with Crippen LogP contribution >= 0.6 is 0 Å². The van der Waals surface area contributed by atoms with Crippen molar-refractivity contribution in [2.24, 2.45) is 5.92 Å². The number of hydrogen-bond acceptors (Lipinski definition) is 6. The first-order valence-corrected chi connectivity index (χ1v) is 14.0. The van der Waals surface area contributed by atoms with Gasteiger partial charge in [0.05, 0.1) is 42.5 Å². The molecule has 1 aromatic carbocycles. The van der Waals surface area contributed by atoms with Crippen LogP contribution in [0.25, 0.3) is 11.3 Å². The summed E-state index contributed by atoms with van der Waals surface area (Å²) in [5, 5.41) is 6.36. The van der Waals surface area contributed by atoms with Crippen LogP contribution in [0.4, 0.5) is 15.8 Å². The third kappa shape index (κ3) is 4.98. The van der Waals surface area contributed by atoms with Gasteiger partial charge in [-0.15, -0.1) is 0 Å². The van der Waals surface area contributed by atoms with Crippen molar-refractivity contribution in [1.29, 1.82) is 0 Å². The molecule has 1 fully saturated rings. The fourth-order valence-corrected chi connectivity index (χ4v) is 6.15. The Balaban J connectivity index is 1.47. The van der Waals surface area contributed by atoms with Crippen molar-refractivity contribution in [2.75, 3.05) is 38.7 Å².